The van der Waals surface area contributed by atoms with Gasteiger partial charge in [-0.05, 0) is 41.6 Å². The second-order valence-corrected chi connectivity index (χ2v) is 7.79. The van der Waals surface area contributed by atoms with Gasteiger partial charge in [0.15, 0.2) is 0 Å². The zero-order chi connectivity index (χ0) is 15.4. The summed E-state index contributed by atoms with van der Waals surface area (Å²) < 4.78 is 1.75. The number of nitrogens with zero attached hydrogens (tertiary/aromatic N) is 4. The summed E-state index contributed by atoms with van der Waals surface area (Å²) in [5.74, 6) is 0.0718. The van der Waals surface area contributed by atoms with E-state index in [0.717, 1.165) is 12.8 Å². The van der Waals surface area contributed by atoms with E-state index in [0.29, 0.717) is 17.7 Å². The van der Waals surface area contributed by atoms with E-state index in [1.807, 2.05) is 18.4 Å². The van der Waals surface area contributed by atoms with E-state index >= 15 is 0 Å². The summed E-state index contributed by atoms with van der Waals surface area (Å²) in [6.45, 7) is 2.54. The lowest BCUT2D eigenvalue weighted by molar-refractivity contribution is -0.120. The van der Waals surface area contributed by atoms with Gasteiger partial charge in [0, 0.05) is 10.9 Å². The van der Waals surface area contributed by atoms with E-state index in [1.54, 1.807) is 16.0 Å². The van der Waals surface area contributed by atoms with E-state index < -0.39 is 0 Å². The molecule has 3 rings (SSSR count). The lowest BCUT2D eigenvalue weighted by Crippen LogP contribution is -2.37. The Balaban J connectivity index is 1.58. The van der Waals surface area contributed by atoms with Crippen LogP contribution in [-0.2, 0) is 11.3 Å². The van der Waals surface area contributed by atoms with Crippen molar-refractivity contribution in [1.29, 1.82) is 0 Å². The number of rotatable bonds is 6. The summed E-state index contributed by atoms with van der Waals surface area (Å²) in [7, 11) is 0. The van der Waals surface area contributed by atoms with Crippen LogP contribution in [0.15, 0.2) is 22.7 Å². The molecule has 1 aliphatic carbocycles. The van der Waals surface area contributed by atoms with Crippen LogP contribution >= 0.6 is 23.1 Å². The highest BCUT2D eigenvalue weighted by molar-refractivity contribution is 8.00. The molecule has 8 heteroatoms. The van der Waals surface area contributed by atoms with Crippen LogP contribution in [0.2, 0.25) is 0 Å². The summed E-state index contributed by atoms with van der Waals surface area (Å²) in [6.07, 6.45) is 4.62. The van der Waals surface area contributed by atoms with Crippen molar-refractivity contribution in [2.75, 3.05) is 0 Å². The van der Waals surface area contributed by atoms with Crippen LogP contribution in [0.25, 0.3) is 0 Å². The average molecular weight is 337 g/mol. The van der Waals surface area contributed by atoms with Gasteiger partial charge in [0.1, 0.15) is 0 Å². The number of hydrogen-bond acceptors (Lipinski definition) is 6. The highest BCUT2D eigenvalue weighted by Crippen LogP contribution is 2.23. The van der Waals surface area contributed by atoms with Crippen molar-refractivity contribution in [2.45, 2.75) is 55.6 Å². The Morgan fingerprint density at radius 1 is 1.55 bits per heavy atom. The van der Waals surface area contributed by atoms with Crippen LogP contribution in [0.4, 0.5) is 0 Å². The van der Waals surface area contributed by atoms with Crippen molar-refractivity contribution >= 4 is 29.0 Å². The molecule has 0 bridgehead atoms. The minimum absolute atomic E-state index is 0.0718. The summed E-state index contributed by atoms with van der Waals surface area (Å²) in [4.78, 5) is 13.4. The van der Waals surface area contributed by atoms with E-state index in [-0.39, 0.29) is 11.2 Å². The third-order valence-electron chi connectivity index (χ3n) is 3.74. The second-order valence-electron chi connectivity index (χ2n) is 5.45. The van der Waals surface area contributed by atoms with Crippen LogP contribution in [0, 0.1) is 0 Å². The maximum Gasteiger partial charge on any atom is 0.233 e. The molecule has 22 heavy (non-hydrogen) atoms. The molecule has 1 fully saturated rings. The lowest BCUT2D eigenvalue weighted by atomic mass is 10.2. The smallest absolute Gasteiger partial charge is 0.233 e. The number of amides is 1. The Morgan fingerprint density at radius 3 is 3.09 bits per heavy atom. The molecule has 2 aromatic heterocycles. The molecule has 0 aromatic carbocycles. The Bertz CT molecular complexity index is 607. The monoisotopic (exact) mass is 337 g/mol. The van der Waals surface area contributed by atoms with E-state index in [1.165, 1.54) is 29.5 Å². The fraction of sp³-hybridized carbons (Fsp3) is 0.571. The van der Waals surface area contributed by atoms with Crippen molar-refractivity contribution < 1.29 is 4.79 Å². The number of carbonyl (C=O) groups excluding carboxylic acids is 1. The topological polar surface area (TPSA) is 72.7 Å². The molecule has 2 heterocycles. The van der Waals surface area contributed by atoms with Crippen LogP contribution in [0.1, 0.15) is 37.5 Å². The number of thioether (sulfide) groups is 1. The van der Waals surface area contributed by atoms with Gasteiger partial charge in [-0.25, -0.2) is 4.68 Å². The largest absolute Gasteiger partial charge is 0.352 e. The standard InChI is InChI=1S/C14H19N5OS2/c1-10(13(20)15-11-5-2-3-6-11)22-14-16-17-18-19(14)9-12-7-4-8-21-12/h4,7-8,10-11H,2-3,5-6,9H2,1H3,(H,15,20). The van der Waals surface area contributed by atoms with Gasteiger partial charge in [-0.3, -0.25) is 4.79 Å². The Labute approximate surface area is 137 Å². The minimum Gasteiger partial charge on any atom is -0.352 e. The summed E-state index contributed by atoms with van der Waals surface area (Å²) in [5.41, 5.74) is 0. The molecule has 1 amide bonds. The molecule has 118 valence electrons. The Morgan fingerprint density at radius 2 is 2.36 bits per heavy atom. The first-order chi connectivity index (χ1) is 10.7. The Hall–Kier alpha value is -1.41. The van der Waals surface area contributed by atoms with Gasteiger partial charge >= 0.3 is 0 Å². The van der Waals surface area contributed by atoms with Crippen LogP contribution in [-0.4, -0.2) is 37.4 Å². The quantitative estimate of drug-likeness (QED) is 0.819. The molecule has 1 saturated carbocycles. The van der Waals surface area contributed by atoms with Gasteiger partial charge in [0.05, 0.1) is 11.8 Å². The van der Waals surface area contributed by atoms with E-state index in [4.69, 9.17) is 0 Å². The number of carbonyl (C=O) groups is 1. The molecule has 2 aromatic rings. The third kappa shape index (κ3) is 3.86. The van der Waals surface area contributed by atoms with Crippen LogP contribution < -0.4 is 5.32 Å². The highest BCUT2D eigenvalue weighted by Gasteiger charge is 2.23. The lowest BCUT2D eigenvalue weighted by Gasteiger charge is -2.15. The summed E-state index contributed by atoms with van der Waals surface area (Å²) in [5, 5.41) is 17.4. The average Bonchev–Trinajstić information content (AvgIpc) is 3.23. The SMILES string of the molecule is CC(Sc1nnnn1Cc1cccs1)C(=O)NC1CCCC1. The first kappa shape index (κ1) is 15.5. The number of thiophene rings is 1. The highest BCUT2D eigenvalue weighted by atomic mass is 32.2. The fourth-order valence-corrected chi connectivity index (χ4v) is 4.01. The summed E-state index contributed by atoms with van der Waals surface area (Å²) in [6, 6.07) is 4.41. The van der Waals surface area contributed by atoms with Crippen molar-refractivity contribution in [3.8, 4) is 0 Å². The van der Waals surface area contributed by atoms with Crippen molar-refractivity contribution in [2.24, 2.45) is 0 Å². The second kappa shape index (κ2) is 7.23. The van der Waals surface area contributed by atoms with Crippen molar-refractivity contribution in [3.05, 3.63) is 22.4 Å². The van der Waals surface area contributed by atoms with Crippen molar-refractivity contribution in [1.82, 2.24) is 25.5 Å². The van der Waals surface area contributed by atoms with Gasteiger partial charge in [-0.15, -0.1) is 16.4 Å². The number of tetrazole rings is 1. The van der Waals surface area contributed by atoms with Crippen molar-refractivity contribution in [3.63, 3.8) is 0 Å². The van der Waals surface area contributed by atoms with Gasteiger partial charge < -0.3 is 5.32 Å². The predicted octanol–water partition coefficient (Wildman–Crippen LogP) is 2.32. The first-order valence-electron chi connectivity index (χ1n) is 7.48. The molecular formula is C14H19N5OS2. The number of hydrogen-bond donors (Lipinski definition) is 1. The molecule has 0 radical (unpaired) electrons. The molecule has 1 atom stereocenters. The zero-order valence-corrected chi connectivity index (χ0v) is 14.1. The predicted molar refractivity (Wildman–Crippen MR) is 87.0 cm³/mol. The van der Waals surface area contributed by atoms with Gasteiger partial charge in [-0.1, -0.05) is 30.7 Å². The zero-order valence-electron chi connectivity index (χ0n) is 12.4. The Kier molecular flexibility index (Phi) is 5.09. The molecule has 0 aliphatic heterocycles. The molecule has 1 unspecified atom stereocenters. The van der Waals surface area contributed by atoms with E-state index in [9.17, 15) is 4.79 Å². The maximum absolute atomic E-state index is 12.2. The minimum atomic E-state index is -0.200. The molecule has 6 nitrogen and oxygen atoms in total. The van der Waals surface area contributed by atoms with Crippen LogP contribution in [0.3, 0.4) is 0 Å². The maximum atomic E-state index is 12.2. The van der Waals surface area contributed by atoms with Gasteiger partial charge in [-0.2, -0.15) is 0 Å². The molecule has 0 saturated heterocycles. The van der Waals surface area contributed by atoms with Gasteiger partial charge in [0.25, 0.3) is 0 Å². The van der Waals surface area contributed by atoms with E-state index in [2.05, 4.69) is 26.9 Å². The summed E-state index contributed by atoms with van der Waals surface area (Å²) >= 11 is 3.08. The normalized spacial score (nSPS) is 16.8. The fourth-order valence-electron chi connectivity index (χ4n) is 2.53. The molecule has 1 N–H and O–H groups in total. The first-order valence-corrected chi connectivity index (χ1v) is 9.24. The molecule has 0 spiro atoms. The number of aromatic nitrogens is 4. The number of nitrogens with one attached hydrogen (secondary N) is 1. The third-order valence-corrected chi connectivity index (χ3v) is 5.67. The molecule has 1 aliphatic rings. The van der Waals surface area contributed by atoms with Crippen LogP contribution in [0.5, 0.6) is 0 Å². The van der Waals surface area contributed by atoms with Gasteiger partial charge in [0.2, 0.25) is 11.1 Å². The molecular weight excluding hydrogens is 318 g/mol.